The fourth-order valence-electron chi connectivity index (χ4n) is 3.99. The number of fused-ring (bicyclic) bond motifs is 1. The minimum Gasteiger partial charge on any atom is -0.311 e. The van der Waals surface area contributed by atoms with Gasteiger partial charge in [0.05, 0.1) is 24.8 Å². The monoisotopic (exact) mass is 392 g/mol. The van der Waals surface area contributed by atoms with Gasteiger partial charge in [0.2, 0.25) is 5.91 Å². The molecule has 150 valence electrons. The van der Waals surface area contributed by atoms with E-state index < -0.39 is 12.1 Å². The lowest BCUT2D eigenvalue weighted by atomic mass is 9.93. The Morgan fingerprint density at radius 3 is 2.69 bits per heavy atom. The summed E-state index contributed by atoms with van der Waals surface area (Å²) < 4.78 is 0. The van der Waals surface area contributed by atoms with E-state index in [1.165, 1.54) is 4.90 Å². The molecule has 2 atom stereocenters. The first-order chi connectivity index (χ1) is 14.0. The zero-order valence-corrected chi connectivity index (χ0v) is 16.4. The summed E-state index contributed by atoms with van der Waals surface area (Å²) in [6, 6.07) is 11.5. The van der Waals surface area contributed by atoms with E-state index in [2.05, 4.69) is 10.3 Å². The van der Waals surface area contributed by atoms with Crippen molar-refractivity contribution in [1.29, 1.82) is 0 Å². The van der Waals surface area contributed by atoms with Crippen LogP contribution in [0, 0.1) is 6.92 Å². The second-order valence-electron chi connectivity index (χ2n) is 7.59. The van der Waals surface area contributed by atoms with Gasteiger partial charge in [0.25, 0.3) is 0 Å². The molecular weight excluding hydrogens is 368 g/mol. The lowest BCUT2D eigenvalue weighted by molar-refractivity contribution is -0.137. The maximum Gasteiger partial charge on any atom is 0.327 e. The highest BCUT2D eigenvalue weighted by molar-refractivity contribution is 6.04. The molecule has 2 aliphatic heterocycles. The molecule has 2 saturated heterocycles. The molecule has 0 bridgehead atoms. The van der Waals surface area contributed by atoms with Crippen molar-refractivity contribution in [1.82, 2.24) is 20.1 Å². The largest absolute Gasteiger partial charge is 0.327 e. The molecule has 0 aliphatic carbocycles. The van der Waals surface area contributed by atoms with Gasteiger partial charge < -0.3 is 10.2 Å². The first-order valence-corrected chi connectivity index (χ1v) is 9.90. The number of imide groups is 1. The Kier molecular flexibility index (Phi) is 5.40. The Balaban J connectivity index is 1.59. The van der Waals surface area contributed by atoms with Gasteiger partial charge in [-0.3, -0.25) is 19.5 Å². The second-order valence-corrected chi connectivity index (χ2v) is 7.59. The van der Waals surface area contributed by atoms with Gasteiger partial charge in [0, 0.05) is 11.8 Å². The molecule has 0 radical (unpaired) electrons. The van der Waals surface area contributed by atoms with Gasteiger partial charge >= 0.3 is 6.03 Å². The molecule has 7 nitrogen and oxygen atoms in total. The molecule has 29 heavy (non-hydrogen) atoms. The SMILES string of the molecule is Cc1ccc(C(=O)CN2C(=O)N(Cc3ccccn3)C(=O)C3NCCCC32)cc1. The van der Waals surface area contributed by atoms with Crippen LogP contribution in [0.2, 0.25) is 0 Å². The van der Waals surface area contributed by atoms with Gasteiger partial charge in [-0.05, 0) is 38.4 Å². The van der Waals surface area contributed by atoms with Crippen molar-refractivity contribution in [3.05, 3.63) is 65.5 Å². The van der Waals surface area contributed by atoms with Crippen LogP contribution in [0.25, 0.3) is 0 Å². The summed E-state index contributed by atoms with van der Waals surface area (Å²) in [6.07, 6.45) is 3.19. The van der Waals surface area contributed by atoms with Crippen molar-refractivity contribution in [2.24, 2.45) is 0 Å². The number of hydrogen-bond acceptors (Lipinski definition) is 5. The molecule has 3 amide bonds. The van der Waals surface area contributed by atoms with Crippen molar-refractivity contribution in [3.8, 4) is 0 Å². The predicted molar refractivity (Wildman–Crippen MR) is 107 cm³/mol. The van der Waals surface area contributed by atoms with Crippen molar-refractivity contribution in [2.75, 3.05) is 13.1 Å². The number of carbonyl (C=O) groups excluding carboxylic acids is 3. The molecule has 1 aromatic carbocycles. The summed E-state index contributed by atoms with van der Waals surface area (Å²) in [7, 11) is 0. The Hall–Kier alpha value is -3.06. The standard InChI is InChI=1S/C22H24N4O3/c1-15-7-9-16(10-8-15)19(27)14-25-18-6-4-12-24-20(18)21(28)26(22(25)29)13-17-5-2-3-11-23-17/h2-3,5,7-11,18,20,24H,4,6,12-14H2,1H3. The van der Waals surface area contributed by atoms with Gasteiger partial charge in [0.15, 0.2) is 5.78 Å². The van der Waals surface area contributed by atoms with E-state index in [0.717, 1.165) is 18.5 Å². The van der Waals surface area contributed by atoms with E-state index in [1.807, 2.05) is 25.1 Å². The van der Waals surface area contributed by atoms with E-state index in [0.29, 0.717) is 17.7 Å². The molecule has 2 fully saturated rings. The van der Waals surface area contributed by atoms with Crippen LogP contribution in [0.1, 0.15) is 34.5 Å². The Morgan fingerprint density at radius 2 is 1.97 bits per heavy atom. The molecule has 2 aromatic rings. The number of nitrogens with zero attached hydrogens (tertiary/aromatic N) is 3. The summed E-state index contributed by atoms with van der Waals surface area (Å²) in [6.45, 7) is 2.73. The normalized spacial score (nSPS) is 21.8. The molecule has 1 N–H and O–H groups in total. The average Bonchev–Trinajstić information content (AvgIpc) is 2.75. The Labute approximate surface area is 169 Å². The average molecular weight is 392 g/mol. The number of benzene rings is 1. The second kappa shape index (κ2) is 8.13. The summed E-state index contributed by atoms with van der Waals surface area (Å²) >= 11 is 0. The molecule has 2 unspecified atom stereocenters. The minimum absolute atomic E-state index is 0.0449. The number of rotatable bonds is 5. The number of hydrogen-bond donors (Lipinski definition) is 1. The van der Waals surface area contributed by atoms with Gasteiger partial charge in [-0.1, -0.05) is 35.9 Å². The van der Waals surface area contributed by atoms with Crippen molar-refractivity contribution in [3.63, 3.8) is 0 Å². The molecule has 2 aliphatic rings. The maximum atomic E-state index is 13.2. The summed E-state index contributed by atoms with van der Waals surface area (Å²) in [4.78, 5) is 46.1. The van der Waals surface area contributed by atoms with Crippen LogP contribution in [0.4, 0.5) is 4.79 Å². The minimum atomic E-state index is -0.490. The fraction of sp³-hybridized carbons (Fsp3) is 0.364. The molecule has 7 heteroatoms. The molecule has 0 spiro atoms. The smallest absolute Gasteiger partial charge is 0.311 e. The third-order valence-corrected chi connectivity index (χ3v) is 5.57. The van der Waals surface area contributed by atoms with E-state index in [4.69, 9.17) is 0 Å². The van der Waals surface area contributed by atoms with Crippen molar-refractivity contribution < 1.29 is 14.4 Å². The molecule has 3 heterocycles. The zero-order chi connectivity index (χ0) is 20.4. The fourth-order valence-corrected chi connectivity index (χ4v) is 3.99. The van der Waals surface area contributed by atoms with Gasteiger partial charge in [-0.25, -0.2) is 4.79 Å². The van der Waals surface area contributed by atoms with Crippen LogP contribution < -0.4 is 5.32 Å². The maximum absolute atomic E-state index is 13.2. The van der Waals surface area contributed by atoms with Crippen LogP contribution >= 0.6 is 0 Å². The third kappa shape index (κ3) is 3.91. The third-order valence-electron chi connectivity index (χ3n) is 5.57. The molecule has 1 aromatic heterocycles. The van der Waals surface area contributed by atoms with Crippen LogP contribution in [0.3, 0.4) is 0 Å². The number of amides is 3. The Bertz CT molecular complexity index is 913. The lowest BCUT2D eigenvalue weighted by Crippen LogP contribution is -2.69. The van der Waals surface area contributed by atoms with Crippen LogP contribution in [-0.2, 0) is 11.3 Å². The number of carbonyl (C=O) groups is 3. The number of ketones is 1. The number of urea groups is 1. The summed E-state index contributed by atoms with van der Waals surface area (Å²) in [5.74, 6) is -0.376. The Morgan fingerprint density at radius 1 is 1.17 bits per heavy atom. The number of piperidine rings is 1. The van der Waals surface area contributed by atoms with Crippen LogP contribution in [-0.4, -0.2) is 57.7 Å². The van der Waals surface area contributed by atoms with Crippen molar-refractivity contribution in [2.45, 2.75) is 38.4 Å². The quantitative estimate of drug-likeness (QED) is 0.789. The van der Waals surface area contributed by atoms with Gasteiger partial charge in [-0.15, -0.1) is 0 Å². The van der Waals surface area contributed by atoms with Gasteiger partial charge in [0.1, 0.15) is 6.04 Å². The first kappa shape index (κ1) is 19.3. The van der Waals surface area contributed by atoms with Crippen molar-refractivity contribution >= 4 is 17.7 Å². The van der Waals surface area contributed by atoms with Crippen LogP contribution in [0.15, 0.2) is 48.7 Å². The topological polar surface area (TPSA) is 82.6 Å². The van der Waals surface area contributed by atoms with Gasteiger partial charge in [-0.2, -0.15) is 0 Å². The number of pyridine rings is 1. The molecule has 4 rings (SSSR count). The van der Waals surface area contributed by atoms with E-state index in [1.54, 1.807) is 35.4 Å². The highest BCUT2D eigenvalue weighted by Crippen LogP contribution is 2.26. The highest BCUT2D eigenvalue weighted by Gasteiger charge is 2.47. The molecular formula is C22H24N4O3. The number of aryl methyl sites for hydroxylation is 1. The highest BCUT2D eigenvalue weighted by atomic mass is 16.2. The predicted octanol–water partition coefficient (Wildman–Crippen LogP) is 2.16. The number of Topliss-reactive ketones (excluding diaryl/α,β-unsaturated/α-hetero) is 1. The number of nitrogens with one attached hydrogen (secondary N) is 1. The van der Waals surface area contributed by atoms with E-state index in [9.17, 15) is 14.4 Å². The van der Waals surface area contributed by atoms with Crippen LogP contribution in [0.5, 0.6) is 0 Å². The lowest BCUT2D eigenvalue weighted by Gasteiger charge is -2.46. The summed E-state index contributed by atoms with van der Waals surface area (Å²) in [5.41, 5.74) is 2.27. The van der Waals surface area contributed by atoms with E-state index in [-0.39, 0.29) is 30.8 Å². The zero-order valence-electron chi connectivity index (χ0n) is 16.4. The van der Waals surface area contributed by atoms with E-state index >= 15 is 0 Å². The number of aromatic nitrogens is 1. The first-order valence-electron chi connectivity index (χ1n) is 9.90. The molecule has 0 saturated carbocycles. The summed E-state index contributed by atoms with van der Waals surface area (Å²) in [5, 5.41) is 3.24.